The zero-order valence-electron chi connectivity index (χ0n) is 12.6. The van der Waals surface area contributed by atoms with E-state index in [2.05, 4.69) is 0 Å². The first kappa shape index (κ1) is 16.8. The molecule has 2 N–H and O–H groups in total. The van der Waals surface area contributed by atoms with E-state index in [1.807, 2.05) is 20.8 Å². The fourth-order valence-electron chi connectivity index (χ4n) is 1.93. The van der Waals surface area contributed by atoms with Gasteiger partial charge in [0.1, 0.15) is 5.75 Å². The lowest BCUT2D eigenvalue weighted by molar-refractivity contribution is 0.0697. The number of nitrogens with two attached hydrogens (primary N) is 1. The summed E-state index contributed by atoms with van der Waals surface area (Å²) >= 11 is 5.98. The molecule has 0 aliphatic carbocycles. The quantitative estimate of drug-likeness (QED) is 0.878. The topological polar surface area (TPSA) is 55.6 Å². The average molecular weight is 299 g/mol. The molecule has 112 valence electrons. The van der Waals surface area contributed by atoms with Gasteiger partial charge < -0.3 is 15.4 Å². The Morgan fingerprint density at radius 3 is 2.60 bits per heavy atom. The summed E-state index contributed by atoms with van der Waals surface area (Å²) in [6.07, 6.45) is 0. The fourth-order valence-corrected chi connectivity index (χ4v) is 2.10. The number of nitrogens with zero attached hydrogens (tertiary/aromatic N) is 1. The molecule has 0 aromatic heterocycles. The third-order valence-electron chi connectivity index (χ3n) is 3.23. The Hall–Kier alpha value is -1.26. The molecule has 5 heteroatoms. The summed E-state index contributed by atoms with van der Waals surface area (Å²) in [6.45, 7) is 7.74. The smallest absolute Gasteiger partial charge is 0.257 e. The standard InChI is InChI=1S/C15H23ClN2O2/c1-5-18(10-15(2,3)9-17)14(19)12-8-11(16)6-7-13(12)20-4/h6-8H,5,9-10,17H2,1-4H3. The first-order valence-corrected chi connectivity index (χ1v) is 7.05. The number of carbonyl (C=O) groups is 1. The Balaban J connectivity index is 3.05. The molecule has 1 rings (SSSR count). The van der Waals surface area contributed by atoms with Crippen molar-refractivity contribution in [2.24, 2.45) is 11.1 Å². The van der Waals surface area contributed by atoms with Gasteiger partial charge in [-0.25, -0.2) is 0 Å². The second kappa shape index (κ2) is 6.95. The van der Waals surface area contributed by atoms with Gasteiger partial charge in [-0.05, 0) is 37.1 Å². The zero-order chi connectivity index (χ0) is 15.3. The number of hydrogen-bond acceptors (Lipinski definition) is 3. The van der Waals surface area contributed by atoms with Crippen molar-refractivity contribution >= 4 is 17.5 Å². The average Bonchev–Trinajstić information content (AvgIpc) is 2.44. The molecule has 1 aromatic rings. The van der Waals surface area contributed by atoms with Gasteiger partial charge in [0.25, 0.3) is 5.91 Å². The Morgan fingerprint density at radius 1 is 1.45 bits per heavy atom. The predicted octanol–water partition coefficient (Wildman–Crippen LogP) is 2.80. The molecular formula is C15H23ClN2O2. The van der Waals surface area contributed by atoms with E-state index >= 15 is 0 Å². The molecule has 1 amide bonds. The van der Waals surface area contributed by atoms with Crippen LogP contribution in [0, 0.1) is 5.41 Å². The van der Waals surface area contributed by atoms with Crippen LogP contribution in [-0.2, 0) is 0 Å². The number of hydrogen-bond donors (Lipinski definition) is 1. The molecule has 1 aromatic carbocycles. The van der Waals surface area contributed by atoms with Crippen LogP contribution in [0.25, 0.3) is 0 Å². The molecule has 0 unspecified atom stereocenters. The number of ether oxygens (including phenoxy) is 1. The Labute approximate surface area is 125 Å². The van der Waals surface area contributed by atoms with E-state index < -0.39 is 0 Å². The van der Waals surface area contributed by atoms with Crippen molar-refractivity contribution in [3.63, 3.8) is 0 Å². The van der Waals surface area contributed by atoms with Crippen molar-refractivity contribution in [3.05, 3.63) is 28.8 Å². The van der Waals surface area contributed by atoms with Crippen molar-refractivity contribution in [2.75, 3.05) is 26.7 Å². The molecule has 0 spiro atoms. The monoisotopic (exact) mass is 298 g/mol. The van der Waals surface area contributed by atoms with Gasteiger partial charge in [-0.2, -0.15) is 0 Å². The predicted molar refractivity (Wildman–Crippen MR) is 82.4 cm³/mol. The van der Waals surface area contributed by atoms with E-state index in [0.29, 0.717) is 36.0 Å². The normalized spacial score (nSPS) is 11.3. The zero-order valence-corrected chi connectivity index (χ0v) is 13.3. The number of halogens is 1. The second-order valence-electron chi connectivity index (χ2n) is 5.53. The molecule has 0 fully saturated rings. The molecule has 0 saturated heterocycles. The molecule has 0 atom stereocenters. The highest BCUT2D eigenvalue weighted by Crippen LogP contribution is 2.25. The number of carbonyl (C=O) groups excluding carboxylic acids is 1. The number of benzene rings is 1. The number of rotatable bonds is 6. The molecule has 0 heterocycles. The summed E-state index contributed by atoms with van der Waals surface area (Å²) in [6, 6.07) is 5.05. The fraction of sp³-hybridized carbons (Fsp3) is 0.533. The van der Waals surface area contributed by atoms with Crippen LogP contribution in [-0.4, -0.2) is 37.6 Å². The number of methoxy groups -OCH3 is 1. The summed E-state index contributed by atoms with van der Waals surface area (Å²) in [5.41, 5.74) is 6.10. The van der Waals surface area contributed by atoms with Crippen molar-refractivity contribution in [1.29, 1.82) is 0 Å². The summed E-state index contributed by atoms with van der Waals surface area (Å²) in [5, 5.41) is 0.517. The van der Waals surface area contributed by atoms with Crippen molar-refractivity contribution in [3.8, 4) is 5.75 Å². The van der Waals surface area contributed by atoms with Crippen LogP contribution in [0.4, 0.5) is 0 Å². The highest BCUT2D eigenvalue weighted by atomic mass is 35.5. The minimum Gasteiger partial charge on any atom is -0.496 e. The highest BCUT2D eigenvalue weighted by Gasteiger charge is 2.25. The summed E-state index contributed by atoms with van der Waals surface area (Å²) in [4.78, 5) is 14.4. The van der Waals surface area contributed by atoms with Gasteiger partial charge in [-0.3, -0.25) is 4.79 Å². The van der Waals surface area contributed by atoms with Crippen LogP contribution < -0.4 is 10.5 Å². The van der Waals surface area contributed by atoms with E-state index in [1.54, 1.807) is 30.2 Å². The lowest BCUT2D eigenvalue weighted by atomic mass is 9.93. The maximum atomic E-state index is 12.6. The van der Waals surface area contributed by atoms with Gasteiger partial charge in [0.2, 0.25) is 0 Å². The van der Waals surface area contributed by atoms with Gasteiger partial charge in [-0.15, -0.1) is 0 Å². The molecule has 0 radical (unpaired) electrons. The molecule has 0 bridgehead atoms. The van der Waals surface area contributed by atoms with E-state index in [0.717, 1.165) is 0 Å². The van der Waals surface area contributed by atoms with E-state index in [1.165, 1.54) is 0 Å². The molecule has 20 heavy (non-hydrogen) atoms. The SMILES string of the molecule is CCN(CC(C)(C)CN)C(=O)c1cc(Cl)ccc1OC. The van der Waals surface area contributed by atoms with Gasteiger partial charge in [0.05, 0.1) is 12.7 Å². The van der Waals surface area contributed by atoms with Crippen LogP contribution in [0.1, 0.15) is 31.1 Å². The largest absolute Gasteiger partial charge is 0.496 e. The molecular weight excluding hydrogens is 276 g/mol. The molecule has 0 aliphatic rings. The molecule has 4 nitrogen and oxygen atoms in total. The number of amides is 1. The van der Waals surface area contributed by atoms with Crippen molar-refractivity contribution in [1.82, 2.24) is 4.90 Å². The van der Waals surface area contributed by atoms with Crippen LogP contribution >= 0.6 is 11.6 Å². The van der Waals surface area contributed by atoms with Crippen molar-refractivity contribution < 1.29 is 9.53 Å². The Bertz CT molecular complexity index is 475. The van der Waals surface area contributed by atoms with Gasteiger partial charge >= 0.3 is 0 Å². The van der Waals surface area contributed by atoms with Crippen LogP contribution in [0.5, 0.6) is 5.75 Å². The van der Waals surface area contributed by atoms with E-state index in [-0.39, 0.29) is 11.3 Å². The van der Waals surface area contributed by atoms with Gasteiger partial charge in [0, 0.05) is 18.1 Å². The molecule has 0 aliphatic heterocycles. The maximum absolute atomic E-state index is 12.6. The Morgan fingerprint density at radius 2 is 2.10 bits per heavy atom. The third kappa shape index (κ3) is 4.12. The van der Waals surface area contributed by atoms with Crippen LogP contribution in [0.15, 0.2) is 18.2 Å². The van der Waals surface area contributed by atoms with Gasteiger partial charge in [-0.1, -0.05) is 25.4 Å². The second-order valence-corrected chi connectivity index (χ2v) is 5.97. The third-order valence-corrected chi connectivity index (χ3v) is 3.47. The summed E-state index contributed by atoms with van der Waals surface area (Å²) in [7, 11) is 1.54. The van der Waals surface area contributed by atoms with E-state index in [9.17, 15) is 4.79 Å². The van der Waals surface area contributed by atoms with E-state index in [4.69, 9.17) is 22.1 Å². The minimum absolute atomic E-state index is 0.0895. The highest BCUT2D eigenvalue weighted by molar-refractivity contribution is 6.31. The lowest BCUT2D eigenvalue weighted by Crippen LogP contribution is -2.42. The first-order valence-electron chi connectivity index (χ1n) is 6.67. The summed E-state index contributed by atoms with van der Waals surface area (Å²) < 4.78 is 5.24. The van der Waals surface area contributed by atoms with Crippen molar-refractivity contribution in [2.45, 2.75) is 20.8 Å². The first-order chi connectivity index (χ1) is 9.34. The molecule has 0 saturated carbocycles. The van der Waals surface area contributed by atoms with Gasteiger partial charge in [0.15, 0.2) is 0 Å². The Kier molecular flexibility index (Phi) is 5.84. The summed E-state index contributed by atoms with van der Waals surface area (Å²) in [5.74, 6) is 0.441. The minimum atomic E-state index is -0.127. The van der Waals surface area contributed by atoms with Crippen LogP contribution in [0.2, 0.25) is 5.02 Å². The maximum Gasteiger partial charge on any atom is 0.257 e. The van der Waals surface area contributed by atoms with Crippen LogP contribution in [0.3, 0.4) is 0 Å². The lowest BCUT2D eigenvalue weighted by Gasteiger charge is -2.31.